The average molecular weight is 369 g/mol. The number of ether oxygens (including phenoxy) is 1. The number of carbonyl (C=O) groups excluding carboxylic acids is 1. The van der Waals surface area contributed by atoms with Gasteiger partial charge in [-0.3, -0.25) is 0 Å². The van der Waals surface area contributed by atoms with Crippen LogP contribution in [0.25, 0.3) is 0 Å². The summed E-state index contributed by atoms with van der Waals surface area (Å²) in [7, 11) is 0. The number of carbonyl (C=O) groups is 1. The number of halogens is 2. The fourth-order valence-electron chi connectivity index (χ4n) is 1.81. The summed E-state index contributed by atoms with van der Waals surface area (Å²) in [5.41, 5.74) is 1.75. The molecule has 0 aliphatic heterocycles. The van der Waals surface area contributed by atoms with Crippen LogP contribution in [-0.2, 0) is 4.74 Å². The molecule has 23 heavy (non-hydrogen) atoms. The summed E-state index contributed by atoms with van der Waals surface area (Å²) in [5, 5.41) is 7.31. The van der Waals surface area contributed by atoms with Gasteiger partial charge in [-0.1, -0.05) is 29.3 Å². The summed E-state index contributed by atoms with van der Waals surface area (Å²) in [6.45, 7) is 2.08. The summed E-state index contributed by atoms with van der Waals surface area (Å²) in [6, 6.07) is 11.9. The zero-order valence-corrected chi connectivity index (χ0v) is 14.6. The van der Waals surface area contributed by atoms with Gasteiger partial charge in [-0.25, -0.2) is 4.79 Å². The molecule has 0 aromatic heterocycles. The number of hydrogen-bond donors (Lipinski definition) is 2. The summed E-state index contributed by atoms with van der Waals surface area (Å²) >= 11 is 17.2. The lowest BCUT2D eigenvalue weighted by molar-refractivity contribution is 0.0526. The number of rotatable bonds is 4. The van der Waals surface area contributed by atoms with Crippen LogP contribution in [0.15, 0.2) is 42.5 Å². The second kappa shape index (κ2) is 8.15. The lowest BCUT2D eigenvalue weighted by atomic mass is 10.2. The molecule has 0 fully saturated rings. The van der Waals surface area contributed by atoms with E-state index in [2.05, 4.69) is 10.6 Å². The van der Waals surface area contributed by atoms with Gasteiger partial charge in [-0.05, 0) is 55.5 Å². The van der Waals surface area contributed by atoms with Crippen molar-refractivity contribution in [3.63, 3.8) is 0 Å². The topological polar surface area (TPSA) is 50.4 Å². The molecule has 4 nitrogen and oxygen atoms in total. The Kier molecular flexibility index (Phi) is 6.21. The minimum atomic E-state index is -0.379. The monoisotopic (exact) mass is 368 g/mol. The first-order valence-electron chi connectivity index (χ1n) is 6.80. The van der Waals surface area contributed by atoms with Gasteiger partial charge in [0.25, 0.3) is 0 Å². The first kappa shape index (κ1) is 17.5. The highest BCUT2D eigenvalue weighted by Crippen LogP contribution is 2.25. The molecule has 0 radical (unpaired) electrons. The van der Waals surface area contributed by atoms with Crippen LogP contribution in [0.4, 0.5) is 11.4 Å². The number of esters is 1. The van der Waals surface area contributed by atoms with E-state index in [1.165, 1.54) is 0 Å². The Balaban J connectivity index is 2.05. The maximum Gasteiger partial charge on any atom is 0.338 e. The van der Waals surface area contributed by atoms with Crippen LogP contribution in [0.1, 0.15) is 17.3 Å². The molecule has 0 atom stereocenters. The molecule has 0 saturated carbocycles. The SMILES string of the molecule is CCOC(=O)c1cccc(NC(=S)Nc2ccc(Cl)cc2Cl)c1. The Labute approximate surface area is 149 Å². The Morgan fingerprint density at radius 3 is 2.65 bits per heavy atom. The van der Waals surface area contributed by atoms with Crippen molar-refractivity contribution in [1.82, 2.24) is 0 Å². The van der Waals surface area contributed by atoms with Crippen molar-refractivity contribution in [2.45, 2.75) is 6.92 Å². The number of nitrogens with one attached hydrogen (secondary N) is 2. The predicted molar refractivity (Wildman–Crippen MR) is 98.7 cm³/mol. The molecule has 0 heterocycles. The van der Waals surface area contributed by atoms with Gasteiger partial charge in [0, 0.05) is 10.7 Å². The van der Waals surface area contributed by atoms with Gasteiger partial charge in [0.15, 0.2) is 5.11 Å². The van der Waals surface area contributed by atoms with Gasteiger partial charge in [-0.15, -0.1) is 0 Å². The number of anilines is 2. The first-order valence-corrected chi connectivity index (χ1v) is 7.96. The highest BCUT2D eigenvalue weighted by molar-refractivity contribution is 7.80. The zero-order valence-electron chi connectivity index (χ0n) is 12.2. The van der Waals surface area contributed by atoms with Gasteiger partial charge in [0.05, 0.1) is 22.9 Å². The van der Waals surface area contributed by atoms with E-state index in [9.17, 15) is 4.79 Å². The lowest BCUT2D eigenvalue weighted by Crippen LogP contribution is -2.19. The van der Waals surface area contributed by atoms with Crippen molar-refractivity contribution in [1.29, 1.82) is 0 Å². The molecule has 7 heteroatoms. The van der Waals surface area contributed by atoms with Crippen LogP contribution in [0, 0.1) is 0 Å². The van der Waals surface area contributed by atoms with Crippen molar-refractivity contribution in [2.75, 3.05) is 17.2 Å². The summed E-state index contributed by atoms with van der Waals surface area (Å²) < 4.78 is 4.97. The van der Waals surface area contributed by atoms with Crippen molar-refractivity contribution in [3.05, 3.63) is 58.1 Å². The third kappa shape index (κ3) is 5.10. The van der Waals surface area contributed by atoms with E-state index in [-0.39, 0.29) is 5.97 Å². The molecule has 2 aromatic rings. The molecule has 0 amide bonds. The van der Waals surface area contributed by atoms with Crippen LogP contribution in [0.5, 0.6) is 0 Å². The van der Waals surface area contributed by atoms with Crippen molar-refractivity contribution in [3.8, 4) is 0 Å². The summed E-state index contributed by atoms with van der Waals surface area (Å²) in [6.07, 6.45) is 0. The minimum Gasteiger partial charge on any atom is -0.462 e. The van der Waals surface area contributed by atoms with Crippen molar-refractivity contribution in [2.24, 2.45) is 0 Å². The Morgan fingerprint density at radius 1 is 1.17 bits per heavy atom. The third-order valence-electron chi connectivity index (χ3n) is 2.81. The predicted octanol–water partition coefficient (Wildman–Crippen LogP) is 4.98. The molecular formula is C16H14Cl2N2O2S. The van der Waals surface area contributed by atoms with E-state index in [0.717, 1.165) is 0 Å². The molecule has 2 N–H and O–H groups in total. The quantitative estimate of drug-likeness (QED) is 0.588. The third-order valence-corrected chi connectivity index (χ3v) is 3.56. The van der Waals surface area contributed by atoms with Crippen molar-refractivity contribution >= 4 is 57.9 Å². The van der Waals surface area contributed by atoms with Crippen LogP contribution in [-0.4, -0.2) is 17.7 Å². The minimum absolute atomic E-state index is 0.325. The van der Waals surface area contributed by atoms with Gasteiger partial charge in [-0.2, -0.15) is 0 Å². The van der Waals surface area contributed by atoms with Crippen molar-refractivity contribution < 1.29 is 9.53 Å². The van der Waals surface area contributed by atoms with E-state index in [1.54, 1.807) is 49.4 Å². The second-order valence-corrected chi connectivity index (χ2v) is 5.76. The maximum atomic E-state index is 11.7. The normalized spacial score (nSPS) is 10.0. The first-order chi connectivity index (χ1) is 11.0. The lowest BCUT2D eigenvalue weighted by Gasteiger charge is -2.12. The number of benzene rings is 2. The molecule has 0 bridgehead atoms. The summed E-state index contributed by atoms with van der Waals surface area (Å²) in [4.78, 5) is 11.7. The maximum absolute atomic E-state index is 11.7. The summed E-state index contributed by atoms with van der Waals surface area (Å²) in [5.74, 6) is -0.379. The fraction of sp³-hybridized carbons (Fsp3) is 0.125. The largest absolute Gasteiger partial charge is 0.462 e. The van der Waals surface area contributed by atoms with Crippen LogP contribution >= 0.6 is 35.4 Å². The zero-order chi connectivity index (χ0) is 16.8. The van der Waals surface area contributed by atoms with Gasteiger partial charge >= 0.3 is 5.97 Å². The molecule has 0 aliphatic carbocycles. The molecule has 0 saturated heterocycles. The Bertz CT molecular complexity index is 738. The highest BCUT2D eigenvalue weighted by Gasteiger charge is 2.08. The molecule has 0 unspecified atom stereocenters. The smallest absolute Gasteiger partial charge is 0.338 e. The van der Waals surface area contributed by atoms with E-state index in [1.807, 2.05) is 0 Å². The van der Waals surface area contributed by atoms with E-state index >= 15 is 0 Å². The highest BCUT2D eigenvalue weighted by atomic mass is 35.5. The molecule has 2 aromatic carbocycles. The van der Waals surface area contributed by atoms with Crippen LogP contribution in [0.3, 0.4) is 0 Å². The number of hydrogen-bond acceptors (Lipinski definition) is 3. The van der Waals surface area contributed by atoms with Gasteiger partial charge in [0.2, 0.25) is 0 Å². The second-order valence-electron chi connectivity index (χ2n) is 4.50. The molecule has 0 aliphatic rings. The van der Waals surface area contributed by atoms with Crippen LogP contribution < -0.4 is 10.6 Å². The van der Waals surface area contributed by atoms with E-state index < -0.39 is 0 Å². The standard InChI is InChI=1S/C16H14Cl2N2O2S/c1-2-22-15(21)10-4-3-5-12(8-10)19-16(23)20-14-7-6-11(17)9-13(14)18/h3-9H,2H2,1H3,(H2,19,20,23). The Hall–Kier alpha value is -1.82. The molecule has 2 rings (SSSR count). The van der Waals surface area contributed by atoms with E-state index in [4.69, 9.17) is 40.2 Å². The molecule has 120 valence electrons. The van der Waals surface area contributed by atoms with Gasteiger partial charge in [0.1, 0.15) is 0 Å². The van der Waals surface area contributed by atoms with Crippen LogP contribution in [0.2, 0.25) is 10.0 Å². The Morgan fingerprint density at radius 2 is 1.96 bits per heavy atom. The van der Waals surface area contributed by atoms with E-state index in [0.29, 0.717) is 38.7 Å². The average Bonchev–Trinajstić information content (AvgIpc) is 2.50. The molecule has 0 spiro atoms. The van der Waals surface area contributed by atoms with Gasteiger partial charge < -0.3 is 15.4 Å². The molecular weight excluding hydrogens is 355 g/mol. The fourth-order valence-corrected chi connectivity index (χ4v) is 2.50. The number of thiocarbonyl (C=S) groups is 1.